The van der Waals surface area contributed by atoms with Crippen LogP contribution in [0.15, 0.2) is 79.1 Å². The predicted octanol–water partition coefficient (Wildman–Crippen LogP) is 4.07. The number of carbonyl (C=O) groups is 1. The highest BCUT2D eigenvalue weighted by molar-refractivity contribution is 5.96. The van der Waals surface area contributed by atoms with Crippen LogP contribution in [-0.2, 0) is 0 Å². The number of hydrogen-bond donors (Lipinski definition) is 2. The number of hydrogen-bond acceptors (Lipinski definition) is 7. The summed E-state index contributed by atoms with van der Waals surface area (Å²) in [6.07, 6.45) is 3.56. The number of amides is 1. The lowest BCUT2D eigenvalue weighted by Crippen LogP contribution is -2.15. The van der Waals surface area contributed by atoms with Crippen LogP contribution in [0.25, 0.3) is 28.0 Å². The number of carbonyl (C=O) groups excluding carboxylic acids is 1. The summed E-state index contributed by atoms with van der Waals surface area (Å²) in [6.45, 7) is 1.05. The van der Waals surface area contributed by atoms with E-state index < -0.39 is 5.91 Å². The number of ether oxygens (including phenoxy) is 2. The van der Waals surface area contributed by atoms with Crippen LogP contribution < -0.4 is 20.5 Å². The van der Waals surface area contributed by atoms with Gasteiger partial charge >= 0.3 is 0 Å². The van der Waals surface area contributed by atoms with Crippen molar-refractivity contribution in [2.75, 3.05) is 18.5 Å². The molecular formula is C26H20N6O3. The number of nitrogens with one attached hydrogen (secondary N) is 1. The van der Waals surface area contributed by atoms with Gasteiger partial charge in [0.2, 0.25) is 11.9 Å². The van der Waals surface area contributed by atoms with Crippen LogP contribution in [0, 0.1) is 0 Å². The Labute approximate surface area is 200 Å². The Hall–Kier alpha value is -4.92. The van der Waals surface area contributed by atoms with Gasteiger partial charge in [-0.05, 0) is 42.5 Å². The normalized spacial score (nSPS) is 12.5. The maximum Gasteiger partial charge on any atom is 0.248 e. The Balaban J connectivity index is 1.43. The predicted molar refractivity (Wildman–Crippen MR) is 131 cm³/mol. The van der Waals surface area contributed by atoms with Gasteiger partial charge in [0, 0.05) is 35.3 Å². The van der Waals surface area contributed by atoms with E-state index in [1.165, 1.54) is 0 Å². The van der Waals surface area contributed by atoms with Crippen molar-refractivity contribution in [3.8, 4) is 34.0 Å². The minimum absolute atomic E-state index is 0.411. The zero-order valence-corrected chi connectivity index (χ0v) is 18.5. The molecular weight excluding hydrogens is 444 g/mol. The fraction of sp³-hybridized carbons (Fsp3) is 0.0769. The molecule has 0 fully saturated rings. The highest BCUT2D eigenvalue weighted by atomic mass is 16.6. The van der Waals surface area contributed by atoms with Crippen LogP contribution in [0.2, 0.25) is 0 Å². The second-order valence-electron chi connectivity index (χ2n) is 7.95. The minimum atomic E-state index is -0.495. The summed E-state index contributed by atoms with van der Waals surface area (Å²) >= 11 is 0. The fourth-order valence-corrected chi connectivity index (χ4v) is 4.08. The number of anilines is 2. The number of rotatable bonds is 5. The van der Waals surface area contributed by atoms with Crippen LogP contribution in [0.5, 0.6) is 11.5 Å². The maximum absolute atomic E-state index is 11.8. The Kier molecular flexibility index (Phi) is 4.99. The molecule has 0 spiro atoms. The summed E-state index contributed by atoms with van der Waals surface area (Å²) in [7, 11) is 0. The van der Waals surface area contributed by atoms with Crippen LogP contribution in [-0.4, -0.2) is 38.7 Å². The van der Waals surface area contributed by atoms with Gasteiger partial charge in [0.15, 0.2) is 11.5 Å². The summed E-state index contributed by atoms with van der Waals surface area (Å²) in [5.74, 6) is 1.32. The third-order valence-electron chi connectivity index (χ3n) is 5.67. The van der Waals surface area contributed by atoms with Crippen LogP contribution in [0.4, 0.5) is 11.6 Å². The SMILES string of the molecule is NC(=O)c1cccc(-c2nn3ccccc3c2-c2ccnc(Nc3ccc4c(c3)OCCO4)n2)c1. The van der Waals surface area contributed by atoms with E-state index in [1.807, 2.05) is 54.7 Å². The summed E-state index contributed by atoms with van der Waals surface area (Å²) in [5.41, 5.74) is 10.5. The van der Waals surface area contributed by atoms with Gasteiger partial charge in [0.25, 0.3) is 0 Å². The van der Waals surface area contributed by atoms with Crippen LogP contribution in [0.3, 0.4) is 0 Å². The molecule has 4 heterocycles. The molecule has 1 amide bonds. The molecule has 5 aromatic rings. The molecule has 1 aliphatic heterocycles. The van der Waals surface area contributed by atoms with E-state index in [-0.39, 0.29) is 0 Å². The topological polar surface area (TPSA) is 117 Å². The lowest BCUT2D eigenvalue weighted by atomic mass is 10.0. The summed E-state index contributed by atoms with van der Waals surface area (Å²) in [4.78, 5) is 20.9. The third kappa shape index (κ3) is 3.89. The molecule has 1 aliphatic rings. The summed E-state index contributed by atoms with van der Waals surface area (Å²) < 4.78 is 13.1. The van der Waals surface area contributed by atoms with E-state index in [1.54, 1.807) is 28.9 Å². The molecule has 0 aliphatic carbocycles. The van der Waals surface area contributed by atoms with E-state index in [2.05, 4.69) is 10.3 Å². The molecule has 35 heavy (non-hydrogen) atoms. The molecule has 0 saturated heterocycles. The maximum atomic E-state index is 11.8. The highest BCUT2D eigenvalue weighted by Crippen LogP contribution is 2.36. The van der Waals surface area contributed by atoms with Crippen molar-refractivity contribution >= 4 is 23.1 Å². The number of aromatic nitrogens is 4. The fourth-order valence-electron chi connectivity index (χ4n) is 4.08. The zero-order valence-electron chi connectivity index (χ0n) is 18.5. The van der Waals surface area contributed by atoms with Crippen molar-refractivity contribution < 1.29 is 14.3 Å². The lowest BCUT2D eigenvalue weighted by Gasteiger charge is -2.19. The van der Waals surface area contributed by atoms with Gasteiger partial charge in [0.05, 0.1) is 16.8 Å². The van der Waals surface area contributed by atoms with Gasteiger partial charge < -0.3 is 20.5 Å². The quantitative estimate of drug-likeness (QED) is 0.403. The van der Waals surface area contributed by atoms with E-state index in [0.717, 1.165) is 22.3 Å². The molecule has 6 rings (SSSR count). The van der Waals surface area contributed by atoms with Gasteiger partial charge in [-0.15, -0.1) is 0 Å². The van der Waals surface area contributed by atoms with Crippen molar-refractivity contribution in [2.24, 2.45) is 5.73 Å². The lowest BCUT2D eigenvalue weighted by molar-refractivity contribution is 0.100. The van der Waals surface area contributed by atoms with E-state index in [0.29, 0.717) is 47.6 Å². The van der Waals surface area contributed by atoms with Gasteiger partial charge in [0.1, 0.15) is 18.9 Å². The van der Waals surface area contributed by atoms with Gasteiger partial charge in [-0.2, -0.15) is 5.10 Å². The largest absolute Gasteiger partial charge is 0.486 e. The van der Waals surface area contributed by atoms with E-state index in [4.69, 9.17) is 25.3 Å². The average Bonchev–Trinajstić information content (AvgIpc) is 3.29. The number of nitrogens with two attached hydrogens (primary N) is 1. The molecule has 0 bridgehead atoms. The second kappa shape index (κ2) is 8.45. The molecule has 0 saturated carbocycles. The smallest absolute Gasteiger partial charge is 0.248 e. The van der Waals surface area contributed by atoms with Gasteiger partial charge in [-0.1, -0.05) is 18.2 Å². The molecule has 3 aromatic heterocycles. The molecule has 3 N–H and O–H groups in total. The van der Waals surface area contributed by atoms with Crippen LogP contribution >= 0.6 is 0 Å². The number of pyridine rings is 1. The molecule has 9 heteroatoms. The minimum Gasteiger partial charge on any atom is -0.486 e. The van der Waals surface area contributed by atoms with Crippen LogP contribution in [0.1, 0.15) is 10.4 Å². The molecule has 0 atom stereocenters. The first-order chi connectivity index (χ1) is 17.2. The van der Waals surface area contributed by atoms with Gasteiger partial charge in [-0.25, -0.2) is 14.5 Å². The Morgan fingerprint density at radius 1 is 0.971 bits per heavy atom. The number of primary amides is 1. The zero-order chi connectivity index (χ0) is 23.8. The summed E-state index contributed by atoms with van der Waals surface area (Å²) in [6, 6.07) is 20.4. The Bertz CT molecular complexity index is 1580. The molecule has 9 nitrogen and oxygen atoms in total. The molecule has 172 valence electrons. The molecule has 0 unspecified atom stereocenters. The number of fused-ring (bicyclic) bond motifs is 2. The Morgan fingerprint density at radius 3 is 2.74 bits per heavy atom. The number of nitrogens with zero attached hydrogens (tertiary/aromatic N) is 4. The second-order valence-corrected chi connectivity index (χ2v) is 7.95. The first kappa shape index (κ1) is 20.7. The first-order valence-corrected chi connectivity index (χ1v) is 11.0. The van der Waals surface area contributed by atoms with Crippen molar-refractivity contribution in [1.82, 2.24) is 19.6 Å². The summed E-state index contributed by atoms with van der Waals surface area (Å²) in [5, 5.41) is 8.02. The monoisotopic (exact) mass is 464 g/mol. The highest BCUT2D eigenvalue weighted by Gasteiger charge is 2.19. The van der Waals surface area contributed by atoms with Crippen molar-refractivity contribution in [3.63, 3.8) is 0 Å². The van der Waals surface area contributed by atoms with Crippen molar-refractivity contribution in [3.05, 3.63) is 84.7 Å². The number of benzene rings is 2. The molecule has 0 radical (unpaired) electrons. The van der Waals surface area contributed by atoms with E-state index in [9.17, 15) is 4.79 Å². The standard InChI is InChI=1S/C26H20N6O3/c27-25(33)17-5-3-4-16(14-17)24-23(20-6-1-2-11-32(20)31-24)19-9-10-28-26(30-19)29-18-7-8-21-22(15-18)35-13-12-34-21/h1-11,14-15H,12-13H2,(H2,27,33)(H,28,29,30). The van der Waals surface area contributed by atoms with Gasteiger partial charge in [-0.3, -0.25) is 4.79 Å². The van der Waals surface area contributed by atoms with Crippen molar-refractivity contribution in [1.29, 1.82) is 0 Å². The Morgan fingerprint density at radius 2 is 1.86 bits per heavy atom. The average molecular weight is 464 g/mol. The van der Waals surface area contributed by atoms with Crippen molar-refractivity contribution in [2.45, 2.75) is 0 Å². The third-order valence-corrected chi connectivity index (χ3v) is 5.67. The first-order valence-electron chi connectivity index (χ1n) is 11.0. The molecule has 2 aromatic carbocycles. The van der Waals surface area contributed by atoms with E-state index >= 15 is 0 Å².